The van der Waals surface area contributed by atoms with Crippen molar-refractivity contribution in [3.8, 4) is 0 Å². The third-order valence-corrected chi connectivity index (χ3v) is 4.88. The molecule has 0 aliphatic carbocycles. The number of hydrogen-bond acceptors (Lipinski definition) is 5. The van der Waals surface area contributed by atoms with Crippen molar-refractivity contribution in [2.75, 3.05) is 25.0 Å². The number of nitrogens with zero attached hydrogens (tertiary/aromatic N) is 5. The molecule has 4 rings (SSSR count). The molecule has 0 radical (unpaired) electrons. The van der Waals surface area contributed by atoms with Crippen LogP contribution in [0.4, 0.5) is 5.69 Å². The number of para-hydroxylation sites is 1. The minimum absolute atomic E-state index is 0.102. The van der Waals surface area contributed by atoms with E-state index < -0.39 is 0 Å². The number of benzene rings is 2. The molecule has 0 atom stereocenters. The van der Waals surface area contributed by atoms with Crippen LogP contribution in [0.3, 0.4) is 0 Å². The molecule has 0 bridgehead atoms. The van der Waals surface area contributed by atoms with Crippen molar-refractivity contribution < 1.29 is 0 Å². The van der Waals surface area contributed by atoms with Crippen LogP contribution in [0.5, 0.6) is 0 Å². The highest BCUT2D eigenvalue weighted by atomic mass is 16.1. The quantitative estimate of drug-likeness (QED) is 0.708. The summed E-state index contributed by atoms with van der Waals surface area (Å²) in [6.45, 7) is 3.41. The lowest BCUT2D eigenvalue weighted by molar-refractivity contribution is 0.236. The predicted octanol–water partition coefficient (Wildman–Crippen LogP) is 2.48. The highest BCUT2D eigenvalue weighted by Crippen LogP contribution is 2.25. The van der Waals surface area contributed by atoms with Gasteiger partial charge in [-0.15, -0.1) is 5.10 Å². The van der Waals surface area contributed by atoms with Crippen molar-refractivity contribution >= 4 is 16.6 Å². The smallest absolute Gasteiger partial charge is 0.278 e. The maximum absolute atomic E-state index is 12.6. The lowest BCUT2D eigenvalue weighted by atomic mass is 10.1. The molecule has 2 aromatic carbocycles. The zero-order valence-corrected chi connectivity index (χ0v) is 15.0. The van der Waals surface area contributed by atoms with E-state index in [0.717, 1.165) is 19.6 Å². The summed E-state index contributed by atoms with van der Waals surface area (Å²) < 4.78 is 1.43. The summed E-state index contributed by atoms with van der Waals surface area (Å²) in [5, 5.41) is 8.86. The van der Waals surface area contributed by atoms with Gasteiger partial charge in [0.05, 0.1) is 12.1 Å². The molecule has 6 nitrogen and oxygen atoms in total. The van der Waals surface area contributed by atoms with Gasteiger partial charge in [-0.25, -0.2) is 0 Å². The zero-order valence-electron chi connectivity index (χ0n) is 15.0. The van der Waals surface area contributed by atoms with Crippen LogP contribution in [0.2, 0.25) is 0 Å². The number of anilines is 1. The van der Waals surface area contributed by atoms with Gasteiger partial charge in [-0.3, -0.25) is 9.69 Å². The average molecular weight is 349 g/mol. The fourth-order valence-electron chi connectivity index (χ4n) is 3.60. The topological polar surface area (TPSA) is 54.3 Å². The molecule has 2 heterocycles. The number of hydrogen-bond donors (Lipinski definition) is 0. The molecule has 1 aliphatic heterocycles. The molecule has 0 saturated carbocycles. The Morgan fingerprint density at radius 1 is 1.04 bits per heavy atom. The molecule has 0 spiro atoms. The van der Waals surface area contributed by atoms with E-state index in [9.17, 15) is 4.79 Å². The van der Waals surface area contributed by atoms with Gasteiger partial charge in [-0.1, -0.05) is 35.5 Å². The zero-order chi connectivity index (χ0) is 17.9. The lowest BCUT2D eigenvalue weighted by Gasteiger charge is -2.24. The Kier molecular flexibility index (Phi) is 4.67. The third kappa shape index (κ3) is 3.32. The van der Waals surface area contributed by atoms with Crippen molar-refractivity contribution in [1.29, 1.82) is 0 Å². The van der Waals surface area contributed by atoms with Gasteiger partial charge >= 0.3 is 0 Å². The van der Waals surface area contributed by atoms with Gasteiger partial charge < -0.3 is 4.90 Å². The van der Waals surface area contributed by atoms with Crippen molar-refractivity contribution in [1.82, 2.24) is 19.9 Å². The minimum Gasteiger partial charge on any atom is -0.371 e. The van der Waals surface area contributed by atoms with Crippen molar-refractivity contribution in [2.24, 2.45) is 0 Å². The fourth-order valence-corrected chi connectivity index (χ4v) is 3.60. The molecule has 26 heavy (non-hydrogen) atoms. The van der Waals surface area contributed by atoms with E-state index in [0.29, 0.717) is 17.6 Å². The largest absolute Gasteiger partial charge is 0.371 e. The Morgan fingerprint density at radius 3 is 2.62 bits per heavy atom. The summed E-state index contributed by atoms with van der Waals surface area (Å²) >= 11 is 0. The molecule has 0 amide bonds. The van der Waals surface area contributed by atoms with Crippen LogP contribution in [-0.4, -0.2) is 40.0 Å². The van der Waals surface area contributed by atoms with Crippen LogP contribution in [0.1, 0.15) is 18.4 Å². The summed E-state index contributed by atoms with van der Waals surface area (Å²) in [6.07, 6.45) is 2.51. The van der Waals surface area contributed by atoms with Gasteiger partial charge in [0.15, 0.2) is 0 Å². The van der Waals surface area contributed by atoms with E-state index in [-0.39, 0.29) is 5.56 Å². The normalized spacial score (nSPS) is 14.5. The average Bonchev–Trinajstić information content (AvgIpc) is 3.19. The molecule has 1 aliphatic rings. The van der Waals surface area contributed by atoms with Gasteiger partial charge in [0.2, 0.25) is 0 Å². The molecule has 3 aromatic rings. The number of fused-ring (bicyclic) bond motifs is 1. The van der Waals surface area contributed by atoms with E-state index in [1.165, 1.54) is 28.8 Å². The second-order valence-corrected chi connectivity index (χ2v) is 6.89. The molecule has 1 fully saturated rings. The SMILES string of the molecule is CN(Cc1ccccc1N1CCCC1)Cn1nnc2ccccc2c1=O. The van der Waals surface area contributed by atoms with Crippen molar-refractivity contribution in [3.05, 3.63) is 64.4 Å². The van der Waals surface area contributed by atoms with Crippen LogP contribution in [0.15, 0.2) is 53.3 Å². The predicted molar refractivity (Wildman–Crippen MR) is 103 cm³/mol. The van der Waals surface area contributed by atoms with Gasteiger partial charge in [0, 0.05) is 25.3 Å². The first-order valence-electron chi connectivity index (χ1n) is 9.06. The van der Waals surface area contributed by atoms with E-state index in [1.807, 2.05) is 25.2 Å². The Labute approximate surface area is 152 Å². The van der Waals surface area contributed by atoms with Gasteiger partial charge in [-0.2, -0.15) is 4.68 Å². The lowest BCUT2D eigenvalue weighted by Crippen LogP contribution is -2.32. The Hall–Kier alpha value is -2.73. The Bertz CT molecular complexity index is 962. The minimum atomic E-state index is -0.102. The molecule has 1 aromatic heterocycles. The first-order chi connectivity index (χ1) is 12.7. The molecule has 1 saturated heterocycles. The number of rotatable bonds is 5. The second kappa shape index (κ2) is 7.25. The highest BCUT2D eigenvalue weighted by molar-refractivity contribution is 5.76. The molecule has 0 unspecified atom stereocenters. The Balaban J connectivity index is 1.54. The van der Waals surface area contributed by atoms with Crippen molar-refractivity contribution in [2.45, 2.75) is 26.1 Å². The van der Waals surface area contributed by atoms with Gasteiger partial charge in [-0.05, 0) is 43.7 Å². The van der Waals surface area contributed by atoms with Gasteiger partial charge in [0.1, 0.15) is 5.52 Å². The maximum Gasteiger partial charge on any atom is 0.278 e. The first-order valence-corrected chi connectivity index (χ1v) is 9.06. The molecule has 6 heteroatoms. The molecule has 0 N–H and O–H groups in total. The first kappa shape index (κ1) is 16.7. The Morgan fingerprint density at radius 2 is 1.77 bits per heavy atom. The van der Waals surface area contributed by atoms with Crippen molar-refractivity contribution in [3.63, 3.8) is 0 Å². The van der Waals surface area contributed by atoms with E-state index in [4.69, 9.17) is 0 Å². The standard InChI is InChI=1S/C20H23N5O/c1-23(14-16-8-2-5-11-19(16)24-12-6-7-13-24)15-25-20(26)17-9-3-4-10-18(17)21-22-25/h2-5,8-11H,6-7,12-15H2,1H3. The maximum atomic E-state index is 12.6. The second-order valence-electron chi connectivity index (χ2n) is 6.89. The molecular weight excluding hydrogens is 326 g/mol. The number of aromatic nitrogens is 3. The van der Waals surface area contributed by atoms with E-state index in [1.54, 1.807) is 6.07 Å². The molecule has 134 valence electrons. The third-order valence-electron chi connectivity index (χ3n) is 4.88. The van der Waals surface area contributed by atoms with Crippen LogP contribution >= 0.6 is 0 Å². The summed E-state index contributed by atoms with van der Waals surface area (Å²) in [7, 11) is 2.00. The van der Waals surface area contributed by atoms with Gasteiger partial charge in [0.25, 0.3) is 5.56 Å². The van der Waals surface area contributed by atoms with Crippen LogP contribution in [-0.2, 0) is 13.2 Å². The molecular formula is C20H23N5O. The van der Waals surface area contributed by atoms with Crippen LogP contribution in [0, 0.1) is 0 Å². The van der Waals surface area contributed by atoms with Crippen LogP contribution < -0.4 is 10.5 Å². The summed E-state index contributed by atoms with van der Waals surface area (Å²) in [5.74, 6) is 0. The monoisotopic (exact) mass is 349 g/mol. The highest BCUT2D eigenvalue weighted by Gasteiger charge is 2.16. The van der Waals surface area contributed by atoms with E-state index >= 15 is 0 Å². The summed E-state index contributed by atoms with van der Waals surface area (Å²) in [4.78, 5) is 17.2. The summed E-state index contributed by atoms with van der Waals surface area (Å²) in [6, 6.07) is 15.8. The fraction of sp³-hybridized carbons (Fsp3) is 0.350. The summed E-state index contributed by atoms with van der Waals surface area (Å²) in [5.41, 5.74) is 3.11. The van der Waals surface area contributed by atoms with Crippen LogP contribution in [0.25, 0.3) is 10.9 Å². The van der Waals surface area contributed by atoms with E-state index in [2.05, 4.69) is 44.4 Å².